The molecule has 1 saturated heterocycles. The van der Waals surface area contributed by atoms with Gasteiger partial charge in [0.15, 0.2) is 0 Å². The predicted molar refractivity (Wildman–Crippen MR) is 72.3 cm³/mol. The lowest BCUT2D eigenvalue weighted by molar-refractivity contribution is 0.0569. The highest BCUT2D eigenvalue weighted by atomic mass is 16.5. The Morgan fingerprint density at radius 1 is 1.11 bits per heavy atom. The van der Waals surface area contributed by atoms with Crippen LogP contribution in [-0.2, 0) is 4.74 Å². The molecule has 18 heavy (non-hydrogen) atoms. The SMILES string of the molecule is N#CCCCCN(CC1CCCO1)C1CCCC1. The van der Waals surface area contributed by atoms with Gasteiger partial charge in [0.1, 0.15) is 0 Å². The fourth-order valence-electron chi connectivity index (χ4n) is 3.26. The number of nitrogens with zero attached hydrogens (tertiary/aromatic N) is 2. The molecular weight excluding hydrogens is 224 g/mol. The molecule has 2 aliphatic rings. The third-order valence-electron chi connectivity index (χ3n) is 4.29. The van der Waals surface area contributed by atoms with E-state index in [2.05, 4.69) is 11.0 Å². The zero-order valence-electron chi connectivity index (χ0n) is 11.4. The normalized spacial score (nSPS) is 24.8. The van der Waals surface area contributed by atoms with Crippen LogP contribution in [0.3, 0.4) is 0 Å². The van der Waals surface area contributed by atoms with E-state index >= 15 is 0 Å². The molecule has 1 unspecified atom stereocenters. The molecule has 102 valence electrons. The first kappa shape index (κ1) is 13.8. The first-order valence-electron chi connectivity index (χ1n) is 7.63. The Morgan fingerprint density at radius 3 is 2.61 bits per heavy atom. The van der Waals surface area contributed by atoms with E-state index in [1.807, 2.05) is 0 Å². The summed E-state index contributed by atoms with van der Waals surface area (Å²) in [6, 6.07) is 3.03. The molecule has 0 bridgehead atoms. The molecule has 1 aliphatic heterocycles. The van der Waals surface area contributed by atoms with Gasteiger partial charge in [-0.05, 0) is 45.1 Å². The smallest absolute Gasteiger partial charge is 0.0702 e. The molecule has 0 amide bonds. The van der Waals surface area contributed by atoms with Crippen LogP contribution >= 0.6 is 0 Å². The van der Waals surface area contributed by atoms with Crippen LogP contribution in [-0.4, -0.2) is 36.7 Å². The van der Waals surface area contributed by atoms with Crippen molar-refractivity contribution in [2.75, 3.05) is 19.7 Å². The van der Waals surface area contributed by atoms with Gasteiger partial charge in [-0.1, -0.05) is 12.8 Å². The van der Waals surface area contributed by atoms with Gasteiger partial charge in [-0.15, -0.1) is 0 Å². The summed E-state index contributed by atoms with van der Waals surface area (Å²) in [6.45, 7) is 3.24. The summed E-state index contributed by atoms with van der Waals surface area (Å²) in [6.07, 6.45) is 11.4. The van der Waals surface area contributed by atoms with E-state index in [0.29, 0.717) is 12.5 Å². The molecule has 1 saturated carbocycles. The van der Waals surface area contributed by atoms with Crippen molar-refractivity contribution in [2.45, 2.75) is 69.9 Å². The van der Waals surface area contributed by atoms with E-state index in [0.717, 1.165) is 38.6 Å². The summed E-state index contributed by atoms with van der Waals surface area (Å²) < 4.78 is 5.78. The number of hydrogen-bond acceptors (Lipinski definition) is 3. The molecule has 1 aliphatic carbocycles. The molecule has 0 radical (unpaired) electrons. The van der Waals surface area contributed by atoms with Gasteiger partial charge < -0.3 is 4.74 Å². The monoisotopic (exact) mass is 250 g/mol. The number of hydrogen-bond donors (Lipinski definition) is 0. The first-order chi connectivity index (χ1) is 8.90. The average Bonchev–Trinajstić information content (AvgIpc) is 3.05. The molecule has 1 heterocycles. The third kappa shape index (κ3) is 4.26. The topological polar surface area (TPSA) is 36.3 Å². The van der Waals surface area contributed by atoms with Crippen LogP contribution in [0.25, 0.3) is 0 Å². The van der Waals surface area contributed by atoms with Crippen molar-refractivity contribution >= 4 is 0 Å². The highest BCUT2D eigenvalue weighted by molar-refractivity contribution is 4.81. The van der Waals surface area contributed by atoms with Crippen LogP contribution in [0, 0.1) is 11.3 Å². The van der Waals surface area contributed by atoms with Crippen LogP contribution in [0.4, 0.5) is 0 Å². The van der Waals surface area contributed by atoms with Gasteiger partial charge in [0.05, 0.1) is 12.2 Å². The maximum atomic E-state index is 8.59. The van der Waals surface area contributed by atoms with Crippen molar-refractivity contribution in [1.82, 2.24) is 4.90 Å². The number of nitriles is 1. The van der Waals surface area contributed by atoms with Crippen molar-refractivity contribution in [3.63, 3.8) is 0 Å². The van der Waals surface area contributed by atoms with E-state index < -0.39 is 0 Å². The summed E-state index contributed by atoms with van der Waals surface area (Å²) in [5.41, 5.74) is 0. The number of unbranched alkanes of at least 4 members (excludes halogenated alkanes) is 2. The summed E-state index contributed by atoms with van der Waals surface area (Å²) in [5, 5.41) is 8.59. The lowest BCUT2D eigenvalue weighted by Crippen LogP contribution is -2.39. The molecule has 0 aromatic rings. The molecule has 0 aromatic carbocycles. The minimum absolute atomic E-state index is 0.474. The summed E-state index contributed by atoms with van der Waals surface area (Å²) >= 11 is 0. The zero-order chi connectivity index (χ0) is 12.6. The van der Waals surface area contributed by atoms with Crippen LogP contribution in [0.1, 0.15) is 57.8 Å². The van der Waals surface area contributed by atoms with Crippen molar-refractivity contribution < 1.29 is 4.74 Å². The van der Waals surface area contributed by atoms with Gasteiger partial charge in [0, 0.05) is 25.6 Å². The van der Waals surface area contributed by atoms with Crippen molar-refractivity contribution in [3.05, 3.63) is 0 Å². The molecule has 2 fully saturated rings. The van der Waals surface area contributed by atoms with E-state index in [4.69, 9.17) is 10.00 Å². The van der Waals surface area contributed by atoms with Gasteiger partial charge >= 0.3 is 0 Å². The van der Waals surface area contributed by atoms with Crippen LogP contribution in [0.2, 0.25) is 0 Å². The minimum atomic E-state index is 0.474. The quantitative estimate of drug-likeness (QED) is 0.651. The molecule has 3 heteroatoms. The summed E-state index contributed by atoms with van der Waals surface area (Å²) in [7, 11) is 0. The second-order valence-corrected chi connectivity index (χ2v) is 5.68. The minimum Gasteiger partial charge on any atom is -0.377 e. The molecule has 0 N–H and O–H groups in total. The second kappa shape index (κ2) is 7.76. The van der Waals surface area contributed by atoms with Crippen LogP contribution < -0.4 is 0 Å². The molecular formula is C15H26N2O. The van der Waals surface area contributed by atoms with Crippen molar-refractivity contribution in [1.29, 1.82) is 5.26 Å². The van der Waals surface area contributed by atoms with Gasteiger partial charge in [-0.25, -0.2) is 0 Å². The number of rotatable bonds is 7. The van der Waals surface area contributed by atoms with Crippen LogP contribution in [0.5, 0.6) is 0 Å². The predicted octanol–water partition coefficient (Wildman–Crippen LogP) is 3.10. The molecule has 2 rings (SSSR count). The first-order valence-corrected chi connectivity index (χ1v) is 7.63. The lowest BCUT2D eigenvalue weighted by Gasteiger charge is -2.30. The van der Waals surface area contributed by atoms with Crippen molar-refractivity contribution in [2.24, 2.45) is 0 Å². The largest absolute Gasteiger partial charge is 0.377 e. The summed E-state index contributed by atoms with van der Waals surface area (Å²) in [4.78, 5) is 2.65. The Morgan fingerprint density at radius 2 is 1.94 bits per heavy atom. The van der Waals surface area contributed by atoms with Gasteiger partial charge in [0.2, 0.25) is 0 Å². The van der Waals surface area contributed by atoms with Crippen LogP contribution in [0.15, 0.2) is 0 Å². The Bertz CT molecular complexity index is 262. The zero-order valence-corrected chi connectivity index (χ0v) is 11.4. The van der Waals surface area contributed by atoms with Gasteiger partial charge in [0.25, 0.3) is 0 Å². The Labute approximate surface area is 111 Å². The molecule has 3 nitrogen and oxygen atoms in total. The van der Waals surface area contributed by atoms with E-state index in [1.165, 1.54) is 38.5 Å². The lowest BCUT2D eigenvalue weighted by atomic mass is 10.1. The Kier molecular flexibility index (Phi) is 5.96. The standard InChI is InChI=1S/C15H26N2O/c16-10-4-1-5-11-17(14-7-2-3-8-14)13-15-9-6-12-18-15/h14-15H,1-9,11-13H2. The molecule has 1 atom stereocenters. The Hall–Kier alpha value is -0.590. The third-order valence-corrected chi connectivity index (χ3v) is 4.29. The molecule has 0 spiro atoms. The Balaban J connectivity index is 1.75. The summed E-state index contributed by atoms with van der Waals surface area (Å²) in [5.74, 6) is 0. The van der Waals surface area contributed by atoms with Gasteiger partial charge in [-0.3, -0.25) is 4.90 Å². The van der Waals surface area contributed by atoms with Crippen molar-refractivity contribution in [3.8, 4) is 6.07 Å². The average molecular weight is 250 g/mol. The fourth-order valence-corrected chi connectivity index (χ4v) is 3.26. The second-order valence-electron chi connectivity index (χ2n) is 5.68. The maximum absolute atomic E-state index is 8.59. The maximum Gasteiger partial charge on any atom is 0.0702 e. The van der Waals surface area contributed by atoms with Gasteiger partial charge in [-0.2, -0.15) is 5.26 Å². The highest BCUT2D eigenvalue weighted by Crippen LogP contribution is 2.25. The fraction of sp³-hybridized carbons (Fsp3) is 0.933. The highest BCUT2D eigenvalue weighted by Gasteiger charge is 2.26. The number of ether oxygens (including phenoxy) is 1. The van der Waals surface area contributed by atoms with E-state index in [1.54, 1.807) is 0 Å². The molecule has 0 aromatic heterocycles. The van der Waals surface area contributed by atoms with E-state index in [-0.39, 0.29) is 0 Å². The van der Waals surface area contributed by atoms with E-state index in [9.17, 15) is 0 Å².